The Bertz CT molecular complexity index is 915. The van der Waals surface area contributed by atoms with Gasteiger partial charge < -0.3 is 5.32 Å². The number of benzene rings is 1. The highest BCUT2D eigenvalue weighted by Gasteiger charge is 2.29. The Labute approximate surface area is 134 Å². The molecule has 1 aliphatic rings. The first-order valence-corrected chi connectivity index (χ1v) is 8.67. The van der Waals surface area contributed by atoms with Gasteiger partial charge in [-0.15, -0.1) is 0 Å². The molecule has 1 aliphatic heterocycles. The highest BCUT2D eigenvalue weighted by Crippen LogP contribution is 2.34. The number of aryl methyl sites for hydroxylation is 2. The molecule has 1 atom stereocenters. The number of anilines is 2. The van der Waals surface area contributed by atoms with E-state index in [4.69, 9.17) is 0 Å². The first-order valence-electron chi connectivity index (χ1n) is 7.18. The highest BCUT2D eigenvalue weighted by atomic mass is 32.2. The van der Waals surface area contributed by atoms with Crippen LogP contribution in [0.3, 0.4) is 0 Å². The molecule has 0 unspecified atom stereocenters. The molecule has 23 heavy (non-hydrogen) atoms. The minimum Gasteiger partial charge on any atom is -0.325 e. The van der Waals surface area contributed by atoms with Gasteiger partial charge in [-0.1, -0.05) is 0 Å². The summed E-state index contributed by atoms with van der Waals surface area (Å²) in [6.07, 6.45) is 0. The number of carbonyl (C=O) groups is 1. The van der Waals surface area contributed by atoms with Crippen LogP contribution >= 0.6 is 0 Å². The van der Waals surface area contributed by atoms with E-state index in [1.54, 1.807) is 44.6 Å². The van der Waals surface area contributed by atoms with Crippen molar-refractivity contribution < 1.29 is 13.2 Å². The molecule has 0 fully saturated rings. The van der Waals surface area contributed by atoms with Gasteiger partial charge in [-0.3, -0.25) is 14.2 Å². The number of fused-ring (bicyclic) bond motifs is 1. The van der Waals surface area contributed by atoms with Gasteiger partial charge in [0.05, 0.1) is 27.9 Å². The number of hydrogen-bond acceptors (Lipinski definition) is 4. The van der Waals surface area contributed by atoms with Crippen molar-refractivity contribution in [3.63, 3.8) is 0 Å². The number of rotatable bonds is 3. The van der Waals surface area contributed by atoms with Crippen molar-refractivity contribution >= 4 is 27.3 Å². The van der Waals surface area contributed by atoms with Gasteiger partial charge in [-0.25, -0.2) is 8.42 Å². The van der Waals surface area contributed by atoms with E-state index in [-0.39, 0.29) is 16.7 Å². The van der Waals surface area contributed by atoms with Crippen molar-refractivity contribution in [1.29, 1.82) is 0 Å². The van der Waals surface area contributed by atoms with Crippen LogP contribution in [0.1, 0.15) is 29.8 Å². The number of hydrogen-bond donors (Lipinski definition) is 2. The van der Waals surface area contributed by atoms with Crippen molar-refractivity contribution in [2.45, 2.75) is 31.6 Å². The summed E-state index contributed by atoms with van der Waals surface area (Å²) in [5.74, 6) is -0.483. The molecule has 0 radical (unpaired) electrons. The molecule has 122 valence electrons. The number of nitrogens with one attached hydrogen (secondary N) is 2. The number of amides is 1. The van der Waals surface area contributed by atoms with Crippen molar-refractivity contribution in [2.24, 2.45) is 7.05 Å². The summed E-state index contributed by atoms with van der Waals surface area (Å²) in [5.41, 5.74) is 3.18. The van der Waals surface area contributed by atoms with Crippen molar-refractivity contribution in [3.8, 4) is 0 Å². The predicted octanol–water partition coefficient (Wildman–Crippen LogP) is 1.89. The van der Waals surface area contributed by atoms with Crippen LogP contribution in [0.5, 0.6) is 0 Å². The maximum absolute atomic E-state index is 12.6. The van der Waals surface area contributed by atoms with Gasteiger partial charge in [0.2, 0.25) is 5.91 Å². The van der Waals surface area contributed by atoms with Crippen LogP contribution in [0.25, 0.3) is 0 Å². The van der Waals surface area contributed by atoms with E-state index in [0.717, 1.165) is 5.69 Å². The molecule has 0 saturated heterocycles. The molecule has 1 amide bonds. The van der Waals surface area contributed by atoms with E-state index in [9.17, 15) is 13.2 Å². The van der Waals surface area contributed by atoms with E-state index in [1.165, 1.54) is 6.07 Å². The molecule has 7 nitrogen and oxygen atoms in total. The molecular weight excluding hydrogens is 316 g/mol. The second-order valence-corrected chi connectivity index (χ2v) is 7.42. The molecule has 0 spiro atoms. The van der Waals surface area contributed by atoms with Crippen LogP contribution in [0.4, 0.5) is 11.4 Å². The maximum Gasteiger partial charge on any atom is 0.262 e. The number of sulfonamides is 1. The number of nitrogens with zero attached hydrogens (tertiary/aromatic N) is 2. The summed E-state index contributed by atoms with van der Waals surface area (Å²) in [5, 5.41) is 6.93. The summed E-state index contributed by atoms with van der Waals surface area (Å²) < 4.78 is 29.5. The molecule has 0 aliphatic carbocycles. The fraction of sp³-hybridized carbons (Fsp3) is 0.333. The van der Waals surface area contributed by atoms with Crippen LogP contribution in [0.15, 0.2) is 23.1 Å². The molecule has 8 heteroatoms. The first kappa shape index (κ1) is 15.5. The van der Waals surface area contributed by atoms with E-state index >= 15 is 0 Å². The summed E-state index contributed by atoms with van der Waals surface area (Å²) in [7, 11) is -1.99. The molecule has 2 aromatic rings. The Kier molecular flexibility index (Phi) is 3.44. The third-order valence-corrected chi connectivity index (χ3v) is 5.54. The summed E-state index contributed by atoms with van der Waals surface area (Å²) in [4.78, 5) is 11.8. The largest absolute Gasteiger partial charge is 0.325 e. The smallest absolute Gasteiger partial charge is 0.262 e. The Balaban J connectivity index is 2.00. The minimum absolute atomic E-state index is 0.124. The second kappa shape index (κ2) is 5.09. The fourth-order valence-electron chi connectivity index (χ4n) is 2.68. The fourth-order valence-corrected chi connectivity index (χ4v) is 3.89. The zero-order valence-corrected chi connectivity index (χ0v) is 14.2. The van der Waals surface area contributed by atoms with Gasteiger partial charge in [0, 0.05) is 12.7 Å². The van der Waals surface area contributed by atoms with Gasteiger partial charge in [-0.05, 0) is 44.5 Å². The SMILES string of the molecule is Cc1nn(C)c(C)c1NS(=O)(=O)c1ccc2c(c1)[C@H](C)C(=O)N2. The van der Waals surface area contributed by atoms with Gasteiger partial charge in [-0.2, -0.15) is 5.10 Å². The molecule has 0 bridgehead atoms. The molecule has 3 rings (SSSR count). The van der Waals surface area contributed by atoms with E-state index in [2.05, 4.69) is 15.1 Å². The lowest BCUT2D eigenvalue weighted by molar-refractivity contribution is -0.116. The Morgan fingerprint density at radius 3 is 2.61 bits per heavy atom. The Hall–Kier alpha value is -2.35. The zero-order valence-electron chi connectivity index (χ0n) is 13.3. The van der Waals surface area contributed by atoms with Gasteiger partial charge >= 0.3 is 0 Å². The highest BCUT2D eigenvalue weighted by molar-refractivity contribution is 7.92. The second-order valence-electron chi connectivity index (χ2n) is 5.73. The average Bonchev–Trinajstić information content (AvgIpc) is 2.90. The van der Waals surface area contributed by atoms with Gasteiger partial charge in [0.25, 0.3) is 10.0 Å². The molecule has 1 aromatic carbocycles. The quantitative estimate of drug-likeness (QED) is 0.896. The average molecular weight is 334 g/mol. The third-order valence-electron chi connectivity index (χ3n) is 4.20. The zero-order chi connectivity index (χ0) is 16.9. The van der Waals surface area contributed by atoms with Crippen LogP contribution in [-0.4, -0.2) is 24.1 Å². The minimum atomic E-state index is -3.75. The van der Waals surface area contributed by atoms with E-state index in [0.29, 0.717) is 22.6 Å². The molecule has 2 heterocycles. The summed E-state index contributed by atoms with van der Waals surface area (Å²) in [6.45, 7) is 5.30. The van der Waals surface area contributed by atoms with Crippen LogP contribution < -0.4 is 10.0 Å². The Morgan fingerprint density at radius 1 is 1.30 bits per heavy atom. The lowest BCUT2D eigenvalue weighted by Crippen LogP contribution is -2.14. The van der Waals surface area contributed by atoms with Crippen LogP contribution in [0.2, 0.25) is 0 Å². The lowest BCUT2D eigenvalue weighted by Gasteiger charge is -2.10. The predicted molar refractivity (Wildman–Crippen MR) is 87.0 cm³/mol. The molecule has 2 N–H and O–H groups in total. The molecule has 1 aromatic heterocycles. The summed E-state index contributed by atoms with van der Waals surface area (Å²) in [6, 6.07) is 4.65. The maximum atomic E-state index is 12.6. The van der Waals surface area contributed by atoms with Crippen LogP contribution in [0, 0.1) is 13.8 Å². The lowest BCUT2D eigenvalue weighted by atomic mass is 10.0. The van der Waals surface area contributed by atoms with Crippen molar-refractivity contribution in [3.05, 3.63) is 35.2 Å². The first-order chi connectivity index (χ1) is 10.7. The van der Waals surface area contributed by atoms with Crippen LogP contribution in [-0.2, 0) is 21.9 Å². The molecular formula is C15H18N4O3S. The molecule has 0 saturated carbocycles. The third kappa shape index (κ3) is 2.48. The summed E-state index contributed by atoms with van der Waals surface area (Å²) >= 11 is 0. The topological polar surface area (TPSA) is 93.1 Å². The van der Waals surface area contributed by atoms with Crippen molar-refractivity contribution in [1.82, 2.24) is 9.78 Å². The van der Waals surface area contributed by atoms with Gasteiger partial charge in [0.15, 0.2) is 0 Å². The number of aromatic nitrogens is 2. The van der Waals surface area contributed by atoms with E-state index < -0.39 is 10.0 Å². The Morgan fingerprint density at radius 2 is 2.00 bits per heavy atom. The van der Waals surface area contributed by atoms with Crippen molar-refractivity contribution in [2.75, 3.05) is 10.0 Å². The van der Waals surface area contributed by atoms with Gasteiger partial charge in [0.1, 0.15) is 0 Å². The monoisotopic (exact) mass is 334 g/mol. The standard InChI is InChI=1S/C15H18N4O3S/c1-8-12-7-11(5-6-13(12)16-15(8)20)23(21,22)18-14-9(2)17-19(4)10(14)3/h5-8,18H,1-4H3,(H,16,20)/t8-/m0/s1. The van der Waals surface area contributed by atoms with E-state index in [1.807, 2.05) is 0 Å². The number of carbonyl (C=O) groups excluding carboxylic acids is 1. The normalized spacial score (nSPS) is 17.0.